The molecule has 3 rings (SSSR count). The van der Waals surface area contributed by atoms with Crippen LogP contribution in [-0.2, 0) is 13.8 Å². The van der Waals surface area contributed by atoms with Crippen molar-refractivity contribution in [3.8, 4) is 0 Å². The number of amides is 1. The second-order valence-electron chi connectivity index (χ2n) is 5.13. The molecule has 0 radical (unpaired) electrons. The third-order valence-electron chi connectivity index (χ3n) is 3.55. The van der Waals surface area contributed by atoms with Gasteiger partial charge in [0.05, 0.1) is 17.0 Å². The number of anilines is 1. The zero-order chi connectivity index (χ0) is 15.0. The summed E-state index contributed by atoms with van der Waals surface area (Å²) in [5.74, 6) is -0.539. The Bertz CT molecular complexity index is 801. The summed E-state index contributed by atoms with van der Waals surface area (Å²) in [4.78, 5) is 18.1. The van der Waals surface area contributed by atoms with Gasteiger partial charge in [0.2, 0.25) is 15.0 Å². The Hall–Kier alpha value is -1.66. The Kier molecular flexibility index (Phi) is 3.59. The normalized spacial score (nSPS) is 19.4. The van der Waals surface area contributed by atoms with Crippen LogP contribution < -0.4 is 4.90 Å². The summed E-state index contributed by atoms with van der Waals surface area (Å²) in [6, 6.07) is 9.27. The molecule has 1 saturated heterocycles. The molecule has 1 fully saturated rings. The maximum Gasteiger partial charge on any atom is 0.232 e. The molecule has 1 aliphatic heterocycles. The van der Waals surface area contributed by atoms with Gasteiger partial charge in [0.15, 0.2) is 0 Å². The van der Waals surface area contributed by atoms with E-state index >= 15 is 0 Å². The van der Waals surface area contributed by atoms with Crippen molar-refractivity contribution in [3.63, 3.8) is 0 Å². The highest BCUT2D eigenvalue weighted by molar-refractivity contribution is 8.13. The first-order valence-electron chi connectivity index (χ1n) is 6.50. The first-order chi connectivity index (χ1) is 9.94. The molecule has 1 aromatic carbocycles. The van der Waals surface area contributed by atoms with Crippen molar-refractivity contribution in [3.05, 3.63) is 36.5 Å². The van der Waals surface area contributed by atoms with Crippen LogP contribution in [0.3, 0.4) is 0 Å². The van der Waals surface area contributed by atoms with E-state index in [2.05, 4.69) is 4.98 Å². The third-order valence-corrected chi connectivity index (χ3v) is 4.80. The molecule has 5 nitrogen and oxygen atoms in total. The Labute approximate surface area is 127 Å². The molecule has 7 heteroatoms. The number of aromatic nitrogens is 1. The molecule has 1 aromatic heterocycles. The van der Waals surface area contributed by atoms with Gasteiger partial charge in [-0.1, -0.05) is 6.07 Å². The minimum Gasteiger partial charge on any atom is -0.311 e. The second kappa shape index (κ2) is 5.27. The standard InChI is InChI=1S/C14H13ClN2O3S/c15-21(19,20)9-10-7-14(18)17(8-10)13-5-1-4-12-11(13)3-2-6-16-12/h1-6,10H,7-9H2. The van der Waals surface area contributed by atoms with E-state index in [1.165, 1.54) is 0 Å². The van der Waals surface area contributed by atoms with Gasteiger partial charge in [-0.05, 0) is 24.3 Å². The fourth-order valence-electron chi connectivity index (χ4n) is 2.73. The maximum absolute atomic E-state index is 12.2. The molecule has 0 bridgehead atoms. The van der Waals surface area contributed by atoms with E-state index in [1.54, 1.807) is 11.1 Å². The minimum absolute atomic E-state index is 0.0864. The van der Waals surface area contributed by atoms with Crippen LogP contribution in [0.25, 0.3) is 10.9 Å². The van der Waals surface area contributed by atoms with Gasteiger partial charge in [-0.15, -0.1) is 0 Å². The van der Waals surface area contributed by atoms with Gasteiger partial charge in [0.1, 0.15) is 0 Å². The highest BCUT2D eigenvalue weighted by Crippen LogP contribution is 2.31. The Morgan fingerprint density at radius 3 is 2.86 bits per heavy atom. The highest BCUT2D eigenvalue weighted by atomic mass is 35.7. The van der Waals surface area contributed by atoms with E-state index in [0.29, 0.717) is 6.54 Å². The first kappa shape index (κ1) is 14.3. The number of halogens is 1. The highest BCUT2D eigenvalue weighted by Gasteiger charge is 2.33. The lowest BCUT2D eigenvalue weighted by molar-refractivity contribution is -0.117. The fourth-order valence-corrected chi connectivity index (χ4v) is 4.05. The number of hydrogen-bond donors (Lipinski definition) is 0. The number of carbonyl (C=O) groups is 1. The molecule has 1 amide bonds. The maximum atomic E-state index is 12.2. The fraction of sp³-hybridized carbons (Fsp3) is 0.286. The SMILES string of the molecule is O=C1CC(CS(=O)(=O)Cl)CN1c1cccc2ncccc12. The molecule has 110 valence electrons. The van der Waals surface area contributed by atoms with E-state index in [0.717, 1.165) is 16.6 Å². The largest absolute Gasteiger partial charge is 0.311 e. The second-order valence-corrected chi connectivity index (χ2v) is 7.95. The summed E-state index contributed by atoms with van der Waals surface area (Å²) in [6.45, 7) is 0.360. The summed E-state index contributed by atoms with van der Waals surface area (Å²) >= 11 is 0. The molecule has 0 saturated carbocycles. The average molecular weight is 325 g/mol. The molecular formula is C14H13ClN2O3S. The lowest BCUT2D eigenvalue weighted by Crippen LogP contribution is -2.25. The van der Waals surface area contributed by atoms with Gasteiger partial charge in [0, 0.05) is 41.1 Å². The zero-order valence-electron chi connectivity index (χ0n) is 11.1. The summed E-state index contributed by atoms with van der Waals surface area (Å²) in [5.41, 5.74) is 1.57. The number of nitrogens with zero attached hydrogens (tertiary/aromatic N) is 2. The van der Waals surface area contributed by atoms with Crippen molar-refractivity contribution in [1.82, 2.24) is 4.98 Å². The van der Waals surface area contributed by atoms with Crippen LogP contribution in [0.4, 0.5) is 5.69 Å². The Balaban J connectivity index is 1.95. The molecule has 1 aliphatic rings. The van der Waals surface area contributed by atoms with Gasteiger partial charge in [0.25, 0.3) is 0 Å². The van der Waals surface area contributed by atoms with Crippen molar-refractivity contribution in [2.75, 3.05) is 17.2 Å². The van der Waals surface area contributed by atoms with Crippen molar-refractivity contribution < 1.29 is 13.2 Å². The Morgan fingerprint density at radius 1 is 1.29 bits per heavy atom. The molecule has 0 spiro atoms. The van der Waals surface area contributed by atoms with Gasteiger partial charge < -0.3 is 4.90 Å². The van der Waals surface area contributed by atoms with E-state index < -0.39 is 9.05 Å². The topological polar surface area (TPSA) is 67.3 Å². The smallest absolute Gasteiger partial charge is 0.232 e. The molecule has 2 aromatic rings. The monoisotopic (exact) mass is 324 g/mol. The summed E-state index contributed by atoms with van der Waals surface area (Å²) in [7, 11) is 1.68. The van der Waals surface area contributed by atoms with Crippen LogP contribution in [0.15, 0.2) is 36.5 Å². The average Bonchev–Trinajstić information content (AvgIpc) is 2.76. The van der Waals surface area contributed by atoms with Crippen molar-refractivity contribution in [1.29, 1.82) is 0 Å². The van der Waals surface area contributed by atoms with E-state index in [9.17, 15) is 13.2 Å². The van der Waals surface area contributed by atoms with Crippen LogP contribution in [0, 0.1) is 5.92 Å². The minimum atomic E-state index is -3.60. The first-order valence-corrected chi connectivity index (χ1v) is 8.98. The van der Waals surface area contributed by atoms with Gasteiger partial charge in [-0.25, -0.2) is 8.42 Å². The van der Waals surface area contributed by atoms with E-state index in [4.69, 9.17) is 10.7 Å². The van der Waals surface area contributed by atoms with E-state index in [-0.39, 0.29) is 24.0 Å². The van der Waals surface area contributed by atoms with Crippen molar-refractivity contribution >= 4 is 42.2 Å². The van der Waals surface area contributed by atoms with Gasteiger partial charge >= 0.3 is 0 Å². The summed E-state index contributed by atoms with van der Waals surface area (Å²) in [6.07, 6.45) is 1.89. The lowest BCUT2D eigenvalue weighted by atomic mass is 10.1. The lowest BCUT2D eigenvalue weighted by Gasteiger charge is -2.18. The molecule has 2 heterocycles. The number of rotatable bonds is 3. The number of benzene rings is 1. The van der Waals surface area contributed by atoms with Crippen molar-refractivity contribution in [2.24, 2.45) is 5.92 Å². The Morgan fingerprint density at radius 2 is 2.10 bits per heavy atom. The molecule has 0 N–H and O–H groups in total. The number of fused-ring (bicyclic) bond motifs is 1. The van der Waals surface area contributed by atoms with Gasteiger partial charge in [-0.3, -0.25) is 9.78 Å². The number of pyridine rings is 1. The van der Waals surface area contributed by atoms with Crippen LogP contribution >= 0.6 is 10.7 Å². The molecule has 1 unspecified atom stereocenters. The molecule has 0 aliphatic carbocycles. The molecular weight excluding hydrogens is 312 g/mol. The van der Waals surface area contributed by atoms with Crippen LogP contribution in [0.5, 0.6) is 0 Å². The predicted octanol–water partition coefficient (Wildman–Crippen LogP) is 2.16. The van der Waals surface area contributed by atoms with E-state index in [1.807, 2.05) is 30.3 Å². The summed E-state index contributed by atoms with van der Waals surface area (Å²) < 4.78 is 22.4. The predicted molar refractivity (Wildman–Crippen MR) is 81.8 cm³/mol. The van der Waals surface area contributed by atoms with Gasteiger partial charge in [-0.2, -0.15) is 0 Å². The van der Waals surface area contributed by atoms with Crippen LogP contribution in [0.2, 0.25) is 0 Å². The number of hydrogen-bond acceptors (Lipinski definition) is 4. The van der Waals surface area contributed by atoms with Crippen LogP contribution in [0.1, 0.15) is 6.42 Å². The third kappa shape index (κ3) is 3.01. The zero-order valence-corrected chi connectivity index (χ0v) is 12.6. The molecule has 21 heavy (non-hydrogen) atoms. The number of carbonyl (C=O) groups excluding carboxylic acids is 1. The van der Waals surface area contributed by atoms with Crippen molar-refractivity contribution in [2.45, 2.75) is 6.42 Å². The van der Waals surface area contributed by atoms with Crippen LogP contribution in [-0.4, -0.2) is 31.6 Å². The quantitative estimate of drug-likeness (QED) is 0.811. The molecule has 1 atom stereocenters. The summed E-state index contributed by atoms with van der Waals surface area (Å²) in [5, 5.41) is 0.878.